The summed E-state index contributed by atoms with van der Waals surface area (Å²) in [5, 5.41) is 16.0. The van der Waals surface area contributed by atoms with E-state index in [1.54, 1.807) is 30.5 Å². The summed E-state index contributed by atoms with van der Waals surface area (Å²) in [5.41, 5.74) is 4.12. The number of piperidine rings is 1. The fourth-order valence-electron chi connectivity index (χ4n) is 3.96. The summed E-state index contributed by atoms with van der Waals surface area (Å²) in [7, 11) is 1.62. The number of hydrogen-bond donors (Lipinski definition) is 4. The molecule has 2 aromatic carbocycles. The highest BCUT2D eigenvalue weighted by Crippen LogP contribution is 2.30. The van der Waals surface area contributed by atoms with Gasteiger partial charge in [-0.15, -0.1) is 0 Å². The van der Waals surface area contributed by atoms with Gasteiger partial charge in [-0.25, -0.2) is 4.98 Å². The van der Waals surface area contributed by atoms with Crippen LogP contribution in [0.3, 0.4) is 0 Å². The maximum absolute atomic E-state index is 12.7. The molecule has 1 aliphatic rings. The number of thiazole rings is 1. The number of carbonyl (C=O) groups excluding carboxylic acids is 2. The lowest BCUT2D eigenvalue weighted by atomic mass is 10.1. The zero-order chi connectivity index (χ0) is 24.1. The Morgan fingerprint density at radius 3 is 2.59 bits per heavy atom. The molecule has 1 fully saturated rings. The van der Waals surface area contributed by atoms with Crippen molar-refractivity contribution in [1.82, 2.24) is 25.3 Å². The molecule has 0 unspecified atom stereocenters. The van der Waals surface area contributed by atoms with Crippen molar-refractivity contribution in [3.8, 4) is 11.3 Å². The second-order valence-electron chi connectivity index (χ2n) is 7.84. The van der Waals surface area contributed by atoms with Gasteiger partial charge in [-0.2, -0.15) is 0 Å². The summed E-state index contributed by atoms with van der Waals surface area (Å²) < 4.78 is 3.08. The molecular formula is C24H25N5O4S. The Bertz CT molecular complexity index is 1320. The molecule has 4 aromatic rings. The lowest BCUT2D eigenvalue weighted by Gasteiger charge is -2.23. The number of carboxylic acid groups (broad SMARTS) is 1. The van der Waals surface area contributed by atoms with Crippen LogP contribution in [0.15, 0.2) is 48.7 Å². The Labute approximate surface area is 199 Å². The molecule has 0 bridgehead atoms. The third kappa shape index (κ3) is 4.92. The minimum absolute atomic E-state index is 0.0291. The summed E-state index contributed by atoms with van der Waals surface area (Å²) in [6.07, 6.45) is 4.10. The lowest BCUT2D eigenvalue weighted by Crippen LogP contribution is -2.45. The number of aromatic nitrogens is 2. The van der Waals surface area contributed by atoms with Crippen LogP contribution in [0.5, 0.6) is 0 Å². The van der Waals surface area contributed by atoms with E-state index in [0.29, 0.717) is 11.1 Å². The molecule has 34 heavy (non-hydrogen) atoms. The molecule has 176 valence electrons. The molecule has 1 saturated heterocycles. The minimum Gasteiger partial charge on any atom is -0.483 e. The quantitative estimate of drug-likeness (QED) is 0.334. The number of nitrogens with one attached hydrogen (secondary N) is 3. The topological polar surface area (TPSA) is 125 Å². The fourth-order valence-corrected chi connectivity index (χ4v) is 5.01. The number of benzene rings is 2. The molecule has 4 N–H and O–H groups in total. The number of nitrogens with zero attached hydrogens (tertiary/aromatic N) is 2. The van der Waals surface area contributed by atoms with Crippen molar-refractivity contribution in [2.24, 2.45) is 0 Å². The van der Waals surface area contributed by atoms with Gasteiger partial charge in [0.15, 0.2) is 4.96 Å². The first-order chi connectivity index (χ1) is 16.5. The molecule has 0 saturated carbocycles. The van der Waals surface area contributed by atoms with Crippen molar-refractivity contribution in [1.29, 1.82) is 0 Å². The van der Waals surface area contributed by atoms with Crippen LogP contribution in [-0.2, 0) is 4.79 Å². The van der Waals surface area contributed by atoms with Crippen LogP contribution in [-0.4, -0.2) is 59.0 Å². The van der Waals surface area contributed by atoms with E-state index in [9.17, 15) is 9.59 Å². The van der Waals surface area contributed by atoms with E-state index < -0.39 is 0 Å². The van der Waals surface area contributed by atoms with Crippen LogP contribution in [0.4, 0.5) is 0 Å². The predicted molar refractivity (Wildman–Crippen MR) is 131 cm³/mol. The Kier molecular flexibility index (Phi) is 7.19. The SMILES string of the molecule is CNC(=O)c1ccc(-c2cn3c(n2)sc2cc(C(=O)N[C@H]4CCCNC4)ccc23)cc1.O=CO. The average Bonchev–Trinajstić information content (AvgIpc) is 3.42. The molecular weight excluding hydrogens is 454 g/mol. The third-order valence-electron chi connectivity index (χ3n) is 5.66. The molecule has 9 nitrogen and oxygen atoms in total. The Morgan fingerprint density at radius 2 is 1.91 bits per heavy atom. The van der Waals surface area contributed by atoms with Gasteiger partial charge in [0.25, 0.3) is 18.3 Å². The second-order valence-corrected chi connectivity index (χ2v) is 8.85. The summed E-state index contributed by atoms with van der Waals surface area (Å²) in [5.74, 6) is -0.138. The van der Waals surface area contributed by atoms with Crippen molar-refractivity contribution in [3.63, 3.8) is 0 Å². The number of amides is 2. The van der Waals surface area contributed by atoms with Crippen molar-refractivity contribution in [2.45, 2.75) is 18.9 Å². The zero-order valence-corrected chi connectivity index (χ0v) is 19.4. The van der Waals surface area contributed by atoms with Crippen molar-refractivity contribution >= 4 is 44.8 Å². The number of imidazole rings is 1. The molecule has 2 amide bonds. The first-order valence-electron chi connectivity index (χ1n) is 10.9. The van der Waals surface area contributed by atoms with Gasteiger partial charge in [0.05, 0.1) is 15.9 Å². The lowest BCUT2D eigenvalue weighted by molar-refractivity contribution is -0.122. The van der Waals surface area contributed by atoms with Gasteiger partial charge >= 0.3 is 0 Å². The monoisotopic (exact) mass is 479 g/mol. The smallest absolute Gasteiger partial charge is 0.290 e. The second kappa shape index (κ2) is 10.4. The standard InChI is InChI=1S/C23H23N5O2S.CH2O2/c1-24-21(29)15-6-4-14(5-7-15)18-13-28-19-9-8-16(11-20(19)31-23(28)27-18)22(30)26-17-3-2-10-25-12-17;2-1-3/h4-9,11,13,17,25H,2-3,10,12H2,1H3,(H,24,29)(H,26,30);1H,(H,2,3)/t17-;/m0./s1. The van der Waals surface area contributed by atoms with Crippen LogP contribution in [0.1, 0.15) is 33.6 Å². The highest BCUT2D eigenvalue weighted by molar-refractivity contribution is 7.23. The number of fused-ring (bicyclic) bond motifs is 3. The zero-order valence-electron chi connectivity index (χ0n) is 18.6. The number of carbonyl (C=O) groups is 3. The molecule has 2 aromatic heterocycles. The molecule has 0 spiro atoms. The van der Waals surface area contributed by atoms with Gasteiger partial charge < -0.3 is 21.1 Å². The maximum atomic E-state index is 12.7. The van der Waals surface area contributed by atoms with Crippen LogP contribution < -0.4 is 16.0 Å². The van der Waals surface area contributed by atoms with E-state index >= 15 is 0 Å². The highest BCUT2D eigenvalue weighted by Gasteiger charge is 2.18. The van der Waals surface area contributed by atoms with E-state index in [2.05, 4.69) is 20.4 Å². The maximum Gasteiger partial charge on any atom is 0.290 e. The van der Waals surface area contributed by atoms with Gasteiger partial charge in [-0.1, -0.05) is 23.5 Å². The highest BCUT2D eigenvalue weighted by atomic mass is 32.1. The van der Waals surface area contributed by atoms with Gasteiger partial charge in [-0.3, -0.25) is 18.8 Å². The minimum atomic E-state index is -0.250. The van der Waals surface area contributed by atoms with Crippen LogP contribution >= 0.6 is 11.3 Å². The summed E-state index contributed by atoms with van der Waals surface area (Å²) in [6, 6.07) is 13.4. The van der Waals surface area contributed by atoms with E-state index in [1.165, 1.54) is 0 Å². The van der Waals surface area contributed by atoms with Crippen LogP contribution in [0, 0.1) is 0 Å². The summed E-state index contributed by atoms with van der Waals surface area (Å²) in [6.45, 7) is 1.60. The fraction of sp³-hybridized carbons (Fsp3) is 0.250. The molecule has 0 radical (unpaired) electrons. The van der Waals surface area contributed by atoms with Crippen LogP contribution in [0.25, 0.3) is 26.4 Å². The Morgan fingerprint density at radius 1 is 1.18 bits per heavy atom. The van der Waals surface area contributed by atoms with E-state index in [1.807, 2.05) is 36.5 Å². The Balaban J connectivity index is 0.000000868. The molecule has 1 atom stereocenters. The predicted octanol–water partition coefficient (Wildman–Crippen LogP) is 2.76. The van der Waals surface area contributed by atoms with Gasteiger partial charge in [0.1, 0.15) is 0 Å². The summed E-state index contributed by atoms with van der Waals surface area (Å²) >= 11 is 1.56. The van der Waals surface area contributed by atoms with Crippen molar-refractivity contribution < 1.29 is 19.5 Å². The van der Waals surface area contributed by atoms with Gasteiger partial charge in [0.2, 0.25) is 0 Å². The molecule has 10 heteroatoms. The normalized spacial score (nSPS) is 15.4. The third-order valence-corrected chi connectivity index (χ3v) is 6.68. The van der Waals surface area contributed by atoms with Gasteiger partial charge in [0, 0.05) is 42.5 Å². The number of rotatable bonds is 4. The molecule has 0 aliphatic carbocycles. The summed E-state index contributed by atoms with van der Waals surface area (Å²) in [4.78, 5) is 38.4. The van der Waals surface area contributed by atoms with Crippen molar-refractivity contribution in [3.05, 3.63) is 59.8 Å². The van der Waals surface area contributed by atoms with Gasteiger partial charge in [-0.05, 0) is 49.7 Å². The molecule has 3 heterocycles. The average molecular weight is 480 g/mol. The first-order valence-corrected chi connectivity index (χ1v) is 11.7. The molecule has 5 rings (SSSR count). The van der Waals surface area contributed by atoms with Crippen LogP contribution in [0.2, 0.25) is 0 Å². The number of hydrogen-bond acceptors (Lipinski definition) is 6. The largest absolute Gasteiger partial charge is 0.483 e. The first kappa shape index (κ1) is 23.4. The van der Waals surface area contributed by atoms with E-state index in [0.717, 1.165) is 52.4 Å². The van der Waals surface area contributed by atoms with Crippen molar-refractivity contribution in [2.75, 3.05) is 20.1 Å². The van der Waals surface area contributed by atoms with E-state index in [4.69, 9.17) is 14.9 Å². The van der Waals surface area contributed by atoms with E-state index in [-0.39, 0.29) is 24.3 Å². The molecule has 1 aliphatic heterocycles. The Hall–Kier alpha value is -3.76.